The van der Waals surface area contributed by atoms with Gasteiger partial charge in [0.1, 0.15) is 17.2 Å². The third-order valence-electron chi connectivity index (χ3n) is 4.16. The maximum absolute atomic E-state index is 13.5. The average Bonchev–Trinajstić information content (AvgIpc) is 2.44. The minimum absolute atomic E-state index is 0.0909. The predicted molar refractivity (Wildman–Crippen MR) is 71.1 cm³/mol. The van der Waals surface area contributed by atoms with Crippen molar-refractivity contribution >= 4 is 0 Å². The van der Waals surface area contributed by atoms with Crippen molar-refractivity contribution in [2.24, 2.45) is 0 Å². The highest BCUT2D eigenvalue weighted by atomic mass is 19.1. The van der Waals surface area contributed by atoms with E-state index in [0.29, 0.717) is 12.2 Å². The fourth-order valence-electron chi connectivity index (χ4n) is 3.21. The summed E-state index contributed by atoms with van der Waals surface area (Å²) >= 11 is 0. The molecule has 0 saturated carbocycles. The van der Waals surface area contributed by atoms with Crippen molar-refractivity contribution < 1.29 is 18.0 Å². The van der Waals surface area contributed by atoms with Crippen LogP contribution in [0.2, 0.25) is 0 Å². The van der Waals surface area contributed by atoms with Crippen LogP contribution in [0.3, 0.4) is 0 Å². The number of halogens is 1. The van der Waals surface area contributed by atoms with Crippen LogP contribution in [-0.2, 0) is 4.74 Å². The van der Waals surface area contributed by atoms with Crippen LogP contribution in [0.4, 0.5) is 4.39 Å². The van der Waals surface area contributed by atoms with Gasteiger partial charge in [-0.05, 0) is 44.0 Å². The lowest BCUT2D eigenvalue weighted by Gasteiger charge is -2.44. The van der Waals surface area contributed by atoms with Crippen LogP contribution < -0.4 is 10.1 Å². The van der Waals surface area contributed by atoms with Gasteiger partial charge in [0.15, 0.2) is 0 Å². The van der Waals surface area contributed by atoms with E-state index in [4.69, 9.17) is 13.6 Å². The Hall–Kier alpha value is -1.13. The molecule has 0 aromatic heterocycles. The molecule has 19 heavy (non-hydrogen) atoms. The van der Waals surface area contributed by atoms with Crippen molar-refractivity contribution in [3.8, 4) is 5.75 Å². The van der Waals surface area contributed by atoms with E-state index in [2.05, 4.69) is 5.32 Å². The SMILES string of the molecule is [2H]C([2H])([2H])OCC1CC2(CCNCC2)Oc2cc(F)ccc21. The minimum atomic E-state index is -2.42. The van der Waals surface area contributed by atoms with Gasteiger partial charge in [0.25, 0.3) is 0 Å². The largest absolute Gasteiger partial charge is 0.487 e. The number of rotatable bonds is 2. The molecule has 1 aromatic carbocycles. The highest BCUT2D eigenvalue weighted by Crippen LogP contribution is 2.44. The number of hydrogen-bond acceptors (Lipinski definition) is 3. The van der Waals surface area contributed by atoms with E-state index in [1.165, 1.54) is 12.1 Å². The normalized spacial score (nSPS) is 27.8. The lowest BCUT2D eigenvalue weighted by atomic mass is 9.78. The first kappa shape index (κ1) is 9.72. The average molecular weight is 268 g/mol. The zero-order valence-electron chi connectivity index (χ0n) is 13.7. The first-order valence-electron chi connectivity index (χ1n) is 8.20. The number of piperidine rings is 1. The topological polar surface area (TPSA) is 30.5 Å². The van der Waals surface area contributed by atoms with Crippen LogP contribution in [0, 0.1) is 5.82 Å². The number of methoxy groups -OCH3 is 1. The van der Waals surface area contributed by atoms with Crippen LogP contribution in [0.15, 0.2) is 18.2 Å². The molecule has 0 bridgehead atoms. The maximum atomic E-state index is 13.5. The van der Waals surface area contributed by atoms with Crippen molar-refractivity contribution in [3.63, 3.8) is 0 Å². The van der Waals surface area contributed by atoms with Gasteiger partial charge in [0.2, 0.25) is 0 Å². The molecule has 2 heterocycles. The third kappa shape index (κ3) is 2.47. The summed E-state index contributed by atoms with van der Waals surface area (Å²) in [5.74, 6) is 0.0791. The zero-order valence-corrected chi connectivity index (χ0v) is 10.7. The van der Waals surface area contributed by atoms with E-state index in [-0.39, 0.29) is 23.9 Å². The van der Waals surface area contributed by atoms with E-state index in [1.54, 1.807) is 6.07 Å². The minimum Gasteiger partial charge on any atom is -0.487 e. The molecular formula is C15H20FNO2. The molecule has 3 nitrogen and oxygen atoms in total. The highest BCUT2D eigenvalue weighted by molar-refractivity contribution is 5.40. The van der Waals surface area contributed by atoms with Crippen LogP contribution in [0.5, 0.6) is 5.75 Å². The van der Waals surface area contributed by atoms with Crippen LogP contribution in [0.25, 0.3) is 0 Å². The second-order valence-electron chi connectivity index (χ2n) is 5.43. The molecule has 4 heteroatoms. The standard InChI is InChI=1S/C15H20FNO2/c1-18-10-11-9-15(4-6-17-7-5-15)19-14-8-12(16)2-3-13(11)14/h2-3,8,11,17H,4-7,9-10H2,1H3/i1D3. The lowest BCUT2D eigenvalue weighted by Crippen LogP contribution is -2.49. The first-order chi connectivity index (χ1) is 10.4. The molecule has 0 amide bonds. The Morgan fingerprint density at radius 1 is 1.53 bits per heavy atom. The van der Waals surface area contributed by atoms with Gasteiger partial charge in [-0.3, -0.25) is 0 Å². The third-order valence-corrected chi connectivity index (χ3v) is 4.16. The van der Waals surface area contributed by atoms with Crippen LogP contribution in [0.1, 0.15) is 34.9 Å². The summed E-state index contributed by atoms with van der Waals surface area (Å²) in [6.07, 6.45) is 2.35. The van der Waals surface area contributed by atoms with Gasteiger partial charge < -0.3 is 14.8 Å². The highest BCUT2D eigenvalue weighted by Gasteiger charge is 2.41. The summed E-state index contributed by atoms with van der Waals surface area (Å²) in [6.45, 7) is 1.78. The summed E-state index contributed by atoms with van der Waals surface area (Å²) in [5, 5.41) is 3.29. The van der Waals surface area contributed by atoms with Gasteiger partial charge in [-0.25, -0.2) is 4.39 Å². The Morgan fingerprint density at radius 3 is 3.16 bits per heavy atom. The summed E-state index contributed by atoms with van der Waals surface area (Å²) in [5.41, 5.74) is 0.476. The molecule has 1 N–H and O–H groups in total. The van der Waals surface area contributed by atoms with Crippen molar-refractivity contribution in [3.05, 3.63) is 29.6 Å². The summed E-state index contributed by atoms with van der Waals surface area (Å²) in [4.78, 5) is 0. The molecule has 2 aliphatic rings. The van der Waals surface area contributed by atoms with E-state index in [9.17, 15) is 4.39 Å². The van der Waals surface area contributed by atoms with Crippen LogP contribution >= 0.6 is 0 Å². The Kier molecular flexibility index (Phi) is 2.61. The number of ether oxygens (including phenoxy) is 2. The molecule has 104 valence electrons. The number of fused-ring (bicyclic) bond motifs is 1. The Balaban J connectivity index is 1.87. The fourth-order valence-corrected chi connectivity index (χ4v) is 3.21. The molecule has 1 unspecified atom stereocenters. The van der Waals surface area contributed by atoms with E-state index < -0.39 is 7.04 Å². The smallest absolute Gasteiger partial charge is 0.126 e. The zero-order chi connectivity index (χ0) is 15.8. The molecule has 2 aliphatic heterocycles. The van der Waals surface area contributed by atoms with Gasteiger partial charge in [-0.15, -0.1) is 0 Å². The van der Waals surface area contributed by atoms with Gasteiger partial charge in [0.05, 0.1) is 10.7 Å². The van der Waals surface area contributed by atoms with Crippen molar-refractivity contribution in [2.45, 2.75) is 30.8 Å². The van der Waals surface area contributed by atoms with Crippen molar-refractivity contribution in [2.75, 3.05) is 26.7 Å². The fraction of sp³-hybridized carbons (Fsp3) is 0.600. The molecular weight excluding hydrogens is 245 g/mol. The van der Waals surface area contributed by atoms with Gasteiger partial charge in [-0.1, -0.05) is 6.07 Å². The summed E-state index contributed by atoms with van der Waals surface area (Å²) < 4.78 is 46.3. The summed E-state index contributed by atoms with van der Waals surface area (Å²) in [7, 11) is -2.42. The first-order valence-corrected chi connectivity index (χ1v) is 6.70. The van der Waals surface area contributed by atoms with E-state index in [1.807, 2.05) is 0 Å². The second-order valence-corrected chi connectivity index (χ2v) is 5.43. The Bertz CT molecular complexity index is 544. The van der Waals surface area contributed by atoms with Crippen LogP contribution in [-0.4, -0.2) is 32.3 Å². The molecule has 1 saturated heterocycles. The monoisotopic (exact) mass is 268 g/mol. The Morgan fingerprint density at radius 2 is 2.37 bits per heavy atom. The molecule has 1 spiro atoms. The molecule has 0 aliphatic carbocycles. The molecule has 0 radical (unpaired) electrons. The summed E-state index contributed by atoms with van der Waals surface area (Å²) in [6, 6.07) is 4.44. The second kappa shape index (κ2) is 5.10. The van der Waals surface area contributed by atoms with Crippen molar-refractivity contribution in [1.29, 1.82) is 0 Å². The number of hydrogen-bond donors (Lipinski definition) is 1. The van der Waals surface area contributed by atoms with E-state index in [0.717, 1.165) is 31.5 Å². The Labute approximate surface area is 117 Å². The van der Waals surface area contributed by atoms with Gasteiger partial charge in [-0.2, -0.15) is 0 Å². The molecule has 1 atom stereocenters. The molecule has 1 fully saturated rings. The predicted octanol–water partition coefficient (Wildman–Crippen LogP) is 2.46. The van der Waals surface area contributed by atoms with E-state index >= 15 is 0 Å². The molecule has 3 rings (SSSR count). The number of benzene rings is 1. The van der Waals surface area contributed by atoms with Gasteiger partial charge in [0, 0.05) is 19.0 Å². The maximum Gasteiger partial charge on any atom is 0.126 e. The quantitative estimate of drug-likeness (QED) is 0.893. The number of nitrogens with one attached hydrogen (secondary N) is 1. The molecule has 1 aromatic rings. The van der Waals surface area contributed by atoms with Gasteiger partial charge >= 0.3 is 0 Å². The van der Waals surface area contributed by atoms with Crippen molar-refractivity contribution in [1.82, 2.24) is 5.32 Å². The lowest BCUT2D eigenvalue weighted by molar-refractivity contribution is -0.00340.